The van der Waals surface area contributed by atoms with Gasteiger partial charge in [0.15, 0.2) is 0 Å². The van der Waals surface area contributed by atoms with E-state index in [4.69, 9.17) is 0 Å². The molecule has 1 N–H and O–H groups in total. The number of halogens is 1. The van der Waals surface area contributed by atoms with Crippen molar-refractivity contribution in [3.63, 3.8) is 0 Å². The molecule has 0 bridgehead atoms. The van der Waals surface area contributed by atoms with Crippen LogP contribution in [0, 0.1) is 10.5 Å². The maximum Gasteiger partial charge on any atom is 0.0485 e. The minimum atomic E-state index is 0.302. The summed E-state index contributed by atoms with van der Waals surface area (Å²) < 4.78 is 1.27. The van der Waals surface area contributed by atoms with Gasteiger partial charge in [0.1, 0.15) is 0 Å². The smallest absolute Gasteiger partial charge is 0.0485 e. The molecular formula is C17H21IN2. The third-order valence-corrected chi connectivity index (χ3v) is 4.19. The molecule has 0 amide bonds. The lowest BCUT2D eigenvalue weighted by Crippen LogP contribution is -2.10. The first-order valence-electron chi connectivity index (χ1n) is 6.77. The molecular weight excluding hydrogens is 359 g/mol. The predicted molar refractivity (Wildman–Crippen MR) is 96.7 cm³/mol. The fourth-order valence-corrected chi connectivity index (χ4v) is 2.52. The molecule has 2 aromatic carbocycles. The Morgan fingerprint density at radius 1 is 1.05 bits per heavy atom. The number of rotatable bonds is 4. The van der Waals surface area contributed by atoms with Gasteiger partial charge in [-0.2, -0.15) is 0 Å². The summed E-state index contributed by atoms with van der Waals surface area (Å²) in [6.45, 7) is 4.34. The summed E-state index contributed by atoms with van der Waals surface area (Å²) in [4.78, 5) is 2.12. The average Bonchev–Trinajstić information content (AvgIpc) is 2.41. The van der Waals surface area contributed by atoms with Crippen LogP contribution >= 0.6 is 22.6 Å². The van der Waals surface area contributed by atoms with Crippen molar-refractivity contribution >= 4 is 34.0 Å². The van der Waals surface area contributed by atoms with Gasteiger partial charge in [-0.25, -0.2) is 0 Å². The largest absolute Gasteiger partial charge is 0.378 e. The van der Waals surface area contributed by atoms with Crippen molar-refractivity contribution in [1.82, 2.24) is 0 Å². The molecule has 106 valence electrons. The Labute approximate surface area is 135 Å². The summed E-state index contributed by atoms with van der Waals surface area (Å²) >= 11 is 2.33. The highest BCUT2D eigenvalue weighted by molar-refractivity contribution is 14.1. The van der Waals surface area contributed by atoms with Crippen LogP contribution in [0.2, 0.25) is 0 Å². The molecule has 0 radical (unpaired) electrons. The highest BCUT2D eigenvalue weighted by Gasteiger charge is 2.07. The summed E-state index contributed by atoms with van der Waals surface area (Å²) in [5.74, 6) is 0. The second-order valence-corrected chi connectivity index (χ2v) is 6.56. The first-order chi connectivity index (χ1) is 9.47. The molecule has 3 heteroatoms. The van der Waals surface area contributed by atoms with Crippen LogP contribution in [0.15, 0.2) is 42.5 Å². The number of anilines is 2. The highest BCUT2D eigenvalue weighted by atomic mass is 127. The minimum Gasteiger partial charge on any atom is -0.378 e. The Kier molecular flexibility index (Phi) is 4.91. The van der Waals surface area contributed by atoms with Gasteiger partial charge in [-0.05, 0) is 77.9 Å². The maximum atomic E-state index is 3.59. The summed E-state index contributed by atoms with van der Waals surface area (Å²) in [5.41, 5.74) is 5.01. The van der Waals surface area contributed by atoms with Gasteiger partial charge in [-0.1, -0.05) is 12.1 Å². The number of hydrogen-bond donors (Lipinski definition) is 1. The van der Waals surface area contributed by atoms with Gasteiger partial charge in [0.05, 0.1) is 0 Å². The fourth-order valence-electron chi connectivity index (χ4n) is 2.16. The lowest BCUT2D eigenvalue weighted by Gasteiger charge is -2.20. The van der Waals surface area contributed by atoms with E-state index in [-0.39, 0.29) is 0 Å². The topological polar surface area (TPSA) is 15.3 Å². The van der Waals surface area contributed by atoms with Crippen LogP contribution in [-0.2, 0) is 0 Å². The van der Waals surface area contributed by atoms with Crippen molar-refractivity contribution in [1.29, 1.82) is 0 Å². The Morgan fingerprint density at radius 2 is 1.70 bits per heavy atom. The standard InChI is InChI=1S/C17H21IN2/c1-12-11-16(20(3)4)9-10-17(12)19-13(2)14-5-7-15(18)8-6-14/h5-11,13,19H,1-4H3. The zero-order valence-corrected chi connectivity index (χ0v) is 14.6. The Bertz CT molecular complexity index is 576. The molecule has 0 aliphatic carbocycles. The molecule has 2 aromatic rings. The van der Waals surface area contributed by atoms with Crippen molar-refractivity contribution in [2.75, 3.05) is 24.3 Å². The fraction of sp³-hybridized carbons (Fsp3) is 0.294. The molecule has 0 spiro atoms. The van der Waals surface area contributed by atoms with Crippen molar-refractivity contribution in [3.05, 3.63) is 57.2 Å². The average molecular weight is 380 g/mol. The van der Waals surface area contributed by atoms with Gasteiger partial charge >= 0.3 is 0 Å². The van der Waals surface area contributed by atoms with E-state index in [1.807, 2.05) is 0 Å². The second-order valence-electron chi connectivity index (χ2n) is 5.31. The van der Waals surface area contributed by atoms with Crippen molar-refractivity contribution < 1.29 is 0 Å². The summed E-state index contributed by atoms with van der Waals surface area (Å²) in [6, 6.07) is 15.5. The number of benzene rings is 2. The van der Waals surface area contributed by atoms with Crippen LogP contribution in [0.4, 0.5) is 11.4 Å². The van der Waals surface area contributed by atoms with Gasteiger partial charge in [0.2, 0.25) is 0 Å². The first kappa shape index (κ1) is 15.2. The predicted octanol–water partition coefficient (Wildman–Crippen LogP) is 4.84. The third-order valence-electron chi connectivity index (χ3n) is 3.47. The SMILES string of the molecule is Cc1cc(N(C)C)ccc1NC(C)c1ccc(I)cc1. The van der Waals surface area contributed by atoms with Gasteiger partial charge in [-0.3, -0.25) is 0 Å². The van der Waals surface area contributed by atoms with E-state index in [2.05, 4.69) is 103 Å². The van der Waals surface area contributed by atoms with E-state index >= 15 is 0 Å². The molecule has 0 aliphatic rings. The molecule has 2 nitrogen and oxygen atoms in total. The van der Waals surface area contributed by atoms with Gasteiger partial charge in [0, 0.05) is 35.1 Å². The molecule has 0 fully saturated rings. The van der Waals surface area contributed by atoms with Crippen molar-refractivity contribution in [2.45, 2.75) is 19.9 Å². The van der Waals surface area contributed by atoms with Crippen molar-refractivity contribution in [2.24, 2.45) is 0 Å². The normalized spacial score (nSPS) is 12.1. The van der Waals surface area contributed by atoms with Crippen LogP contribution in [-0.4, -0.2) is 14.1 Å². The molecule has 2 rings (SSSR count). The molecule has 0 aromatic heterocycles. The number of aryl methyl sites for hydroxylation is 1. The second kappa shape index (κ2) is 6.48. The Balaban J connectivity index is 2.15. The summed E-state index contributed by atoms with van der Waals surface area (Å²) in [5, 5.41) is 3.59. The van der Waals surface area contributed by atoms with E-state index in [1.165, 1.54) is 26.1 Å². The van der Waals surface area contributed by atoms with Crippen LogP contribution in [0.25, 0.3) is 0 Å². The first-order valence-corrected chi connectivity index (χ1v) is 7.85. The highest BCUT2D eigenvalue weighted by Crippen LogP contribution is 2.25. The van der Waals surface area contributed by atoms with Gasteiger partial charge < -0.3 is 10.2 Å². The van der Waals surface area contributed by atoms with E-state index in [9.17, 15) is 0 Å². The van der Waals surface area contributed by atoms with E-state index < -0.39 is 0 Å². The van der Waals surface area contributed by atoms with E-state index in [1.54, 1.807) is 0 Å². The van der Waals surface area contributed by atoms with Gasteiger partial charge in [0.25, 0.3) is 0 Å². The monoisotopic (exact) mass is 380 g/mol. The van der Waals surface area contributed by atoms with Crippen LogP contribution in [0.3, 0.4) is 0 Å². The van der Waals surface area contributed by atoms with E-state index in [0.29, 0.717) is 6.04 Å². The van der Waals surface area contributed by atoms with Crippen LogP contribution < -0.4 is 10.2 Å². The van der Waals surface area contributed by atoms with E-state index in [0.717, 1.165) is 0 Å². The number of nitrogens with zero attached hydrogens (tertiary/aromatic N) is 1. The quantitative estimate of drug-likeness (QED) is 0.764. The maximum absolute atomic E-state index is 3.59. The van der Waals surface area contributed by atoms with Crippen LogP contribution in [0.1, 0.15) is 24.1 Å². The lowest BCUT2D eigenvalue weighted by molar-refractivity contribution is 0.882. The minimum absolute atomic E-state index is 0.302. The number of hydrogen-bond acceptors (Lipinski definition) is 2. The summed E-state index contributed by atoms with van der Waals surface area (Å²) in [7, 11) is 4.13. The number of nitrogens with one attached hydrogen (secondary N) is 1. The van der Waals surface area contributed by atoms with Gasteiger partial charge in [-0.15, -0.1) is 0 Å². The molecule has 20 heavy (non-hydrogen) atoms. The molecule has 0 aliphatic heterocycles. The molecule has 0 heterocycles. The zero-order chi connectivity index (χ0) is 14.7. The molecule has 1 atom stereocenters. The zero-order valence-electron chi connectivity index (χ0n) is 12.4. The van der Waals surface area contributed by atoms with Crippen molar-refractivity contribution in [3.8, 4) is 0 Å². The molecule has 1 unspecified atom stereocenters. The van der Waals surface area contributed by atoms with Crippen LogP contribution in [0.5, 0.6) is 0 Å². The molecule has 0 saturated carbocycles. The molecule has 0 saturated heterocycles. The Hall–Kier alpha value is -1.23. The third kappa shape index (κ3) is 3.66. The summed E-state index contributed by atoms with van der Waals surface area (Å²) in [6.07, 6.45) is 0. The Morgan fingerprint density at radius 3 is 2.25 bits per heavy atom. The lowest BCUT2D eigenvalue weighted by atomic mass is 10.1.